The van der Waals surface area contributed by atoms with Crippen LogP contribution in [0.5, 0.6) is 0 Å². The maximum Gasteiger partial charge on any atom is 0.469 e. The fourth-order valence-electron chi connectivity index (χ4n) is 1.12. The molecule has 1 aromatic carbocycles. The molecule has 1 aromatic rings. The number of aryl methyl sites for hydroxylation is 1. The highest BCUT2D eigenvalue weighted by atomic mass is 31.2. The number of rotatable bonds is 5. The normalized spacial score (nSPS) is 13.1. The van der Waals surface area contributed by atoms with Gasteiger partial charge in [0.15, 0.2) is 0 Å². The number of nitrogens with one attached hydrogen (secondary N) is 1. The molecule has 0 fully saturated rings. The van der Waals surface area contributed by atoms with Gasteiger partial charge < -0.3 is 20.8 Å². The second-order valence-corrected chi connectivity index (χ2v) is 4.99. The first-order valence-corrected chi connectivity index (χ1v) is 6.64. The minimum atomic E-state index is -4.61. The molecule has 1 rings (SSSR count). The first kappa shape index (κ1) is 14.8. The van der Waals surface area contributed by atoms with Crippen molar-refractivity contribution >= 4 is 19.4 Å². The predicted octanol–water partition coefficient (Wildman–Crippen LogP) is 0.370. The van der Waals surface area contributed by atoms with Crippen molar-refractivity contribution in [3.63, 3.8) is 0 Å². The quantitative estimate of drug-likeness (QED) is 0.575. The SMILES string of the molecule is Cc1ccc(NC(=O)[C@H](N)COP(=O)(O)O)cc1. The average Bonchev–Trinajstić information content (AvgIpc) is 2.28. The Morgan fingerprint density at radius 3 is 2.50 bits per heavy atom. The molecule has 0 radical (unpaired) electrons. The van der Waals surface area contributed by atoms with Crippen LogP contribution in [-0.4, -0.2) is 28.3 Å². The number of amides is 1. The van der Waals surface area contributed by atoms with E-state index in [9.17, 15) is 9.36 Å². The van der Waals surface area contributed by atoms with Crippen LogP contribution in [0.1, 0.15) is 5.56 Å². The van der Waals surface area contributed by atoms with E-state index in [4.69, 9.17) is 15.5 Å². The van der Waals surface area contributed by atoms with Gasteiger partial charge in [-0.2, -0.15) is 0 Å². The number of phosphoric acid groups is 1. The van der Waals surface area contributed by atoms with Crippen LogP contribution in [0.25, 0.3) is 0 Å². The number of anilines is 1. The van der Waals surface area contributed by atoms with Crippen molar-refractivity contribution < 1.29 is 23.7 Å². The van der Waals surface area contributed by atoms with E-state index in [1.807, 2.05) is 19.1 Å². The summed E-state index contributed by atoms with van der Waals surface area (Å²) in [5, 5.41) is 2.51. The fraction of sp³-hybridized carbons (Fsp3) is 0.300. The zero-order chi connectivity index (χ0) is 13.8. The summed E-state index contributed by atoms with van der Waals surface area (Å²) in [6, 6.07) is 5.87. The number of nitrogens with two attached hydrogens (primary N) is 1. The minimum Gasteiger partial charge on any atom is -0.325 e. The first-order valence-electron chi connectivity index (χ1n) is 5.11. The van der Waals surface area contributed by atoms with Crippen LogP contribution in [0.3, 0.4) is 0 Å². The molecule has 0 saturated carbocycles. The Balaban J connectivity index is 2.49. The van der Waals surface area contributed by atoms with Gasteiger partial charge >= 0.3 is 7.82 Å². The molecule has 18 heavy (non-hydrogen) atoms. The number of phosphoric ester groups is 1. The Morgan fingerprint density at radius 2 is 2.00 bits per heavy atom. The van der Waals surface area contributed by atoms with Crippen LogP contribution < -0.4 is 11.1 Å². The van der Waals surface area contributed by atoms with Gasteiger partial charge in [0.05, 0.1) is 6.61 Å². The van der Waals surface area contributed by atoms with E-state index >= 15 is 0 Å². The molecule has 0 heterocycles. The molecule has 0 spiro atoms. The molecule has 0 saturated heterocycles. The van der Waals surface area contributed by atoms with Crippen molar-refractivity contribution in [3.8, 4) is 0 Å². The Labute approximate surface area is 104 Å². The van der Waals surface area contributed by atoms with Gasteiger partial charge in [0.1, 0.15) is 6.04 Å². The van der Waals surface area contributed by atoms with Crippen molar-refractivity contribution in [2.45, 2.75) is 13.0 Å². The second-order valence-electron chi connectivity index (χ2n) is 3.75. The van der Waals surface area contributed by atoms with E-state index in [1.165, 1.54) is 0 Å². The van der Waals surface area contributed by atoms with E-state index in [0.29, 0.717) is 5.69 Å². The zero-order valence-electron chi connectivity index (χ0n) is 9.74. The molecule has 0 aliphatic rings. The molecule has 7 nitrogen and oxygen atoms in total. The lowest BCUT2D eigenvalue weighted by atomic mass is 10.2. The van der Waals surface area contributed by atoms with Gasteiger partial charge in [0.2, 0.25) is 5.91 Å². The minimum absolute atomic E-state index is 0.553. The lowest BCUT2D eigenvalue weighted by Crippen LogP contribution is -2.39. The largest absolute Gasteiger partial charge is 0.469 e. The van der Waals surface area contributed by atoms with Crippen molar-refractivity contribution in [3.05, 3.63) is 29.8 Å². The third-order valence-electron chi connectivity index (χ3n) is 2.08. The lowest BCUT2D eigenvalue weighted by Gasteiger charge is -2.13. The third kappa shape index (κ3) is 5.39. The average molecular weight is 274 g/mol. The molecule has 0 aliphatic heterocycles. The van der Waals surface area contributed by atoms with Crippen LogP contribution in [0, 0.1) is 6.92 Å². The first-order chi connectivity index (χ1) is 8.28. The number of hydrogen-bond acceptors (Lipinski definition) is 4. The van der Waals surface area contributed by atoms with Crippen LogP contribution in [-0.2, 0) is 13.9 Å². The van der Waals surface area contributed by atoms with Crippen molar-refractivity contribution in [2.24, 2.45) is 5.73 Å². The van der Waals surface area contributed by atoms with E-state index in [1.54, 1.807) is 12.1 Å². The van der Waals surface area contributed by atoms with Crippen molar-refractivity contribution in [1.29, 1.82) is 0 Å². The molecule has 8 heteroatoms. The number of hydrogen-bond donors (Lipinski definition) is 4. The highest BCUT2D eigenvalue weighted by molar-refractivity contribution is 7.46. The van der Waals surface area contributed by atoms with E-state index in [0.717, 1.165) is 5.56 Å². The van der Waals surface area contributed by atoms with Crippen LogP contribution in [0.15, 0.2) is 24.3 Å². The van der Waals surface area contributed by atoms with E-state index in [-0.39, 0.29) is 0 Å². The van der Waals surface area contributed by atoms with Gasteiger partial charge in [0.25, 0.3) is 0 Å². The molecule has 5 N–H and O–H groups in total. The van der Waals surface area contributed by atoms with E-state index in [2.05, 4.69) is 9.84 Å². The van der Waals surface area contributed by atoms with Crippen LogP contribution >= 0.6 is 7.82 Å². The van der Waals surface area contributed by atoms with Gasteiger partial charge in [-0.1, -0.05) is 17.7 Å². The second kappa shape index (κ2) is 6.08. The van der Waals surface area contributed by atoms with Crippen LogP contribution in [0.4, 0.5) is 5.69 Å². The summed E-state index contributed by atoms with van der Waals surface area (Å²) in [4.78, 5) is 28.5. The molecule has 1 amide bonds. The standard InChI is InChI=1S/C10H15N2O5P/c1-7-2-4-8(5-3-7)12-10(13)9(11)6-17-18(14,15)16/h2-5,9H,6,11H2,1H3,(H,12,13)(H2,14,15,16)/t9-/m1/s1. The summed E-state index contributed by atoms with van der Waals surface area (Å²) >= 11 is 0. The molecule has 100 valence electrons. The molecular formula is C10H15N2O5P. The highest BCUT2D eigenvalue weighted by Crippen LogP contribution is 2.35. The zero-order valence-corrected chi connectivity index (χ0v) is 10.6. The molecule has 0 unspecified atom stereocenters. The molecule has 0 aromatic heterocycles. The monoisotopic (exact) mass is 274 g/mol. The summed E-state index contributed by atoms with van der Waals surface area (Å²) in [6.07, 6.45) is 0. The van der Waals surface area contributed by atoms with Gasteiger partial charge in [-0.3, -0.25) is 9.32 Å². The van der Waals surface area contributed by atoms with Crippen molar-refractivity contribution in [1.82, 2.24) is 0 Å². The fourth-order valence-corrected chi connectivity index (χ4v) is 1.48. The third-order valence-corrected chi connectivity index (χ3v) is 2.56. The maximum absolute atomic E-state index is 11.5. The molecular weight excluding hydrogens is 259 g/mol. The van der Waals surface area contributed by atoms with Gasteiger partial charge in [0, 0.05) is 5.69 Å². The molecule has 0 bridgehead atoms. The Bertz CT molecular complexity index is 456. The summed E-state index contributed by atoms with van der Waals surface area (Å²) in [5.41, 5.74) is 7.02. The number of carbonyl (C=O) groups is 1. The summed E-state index contributed by atoms with van der Waals surface area (Å²) in [6.45, 7) is 1.35. The Hall–Kier alpha value is -1.24. The topological polar surface area (TPSA) is 122 Å². The Kier molecular flexibility index (Phi) is 5.01. The number of carbonyl (C=O) groups excluding carboxylic acids is 1. The predicted molar refractivity (Wildman–Crippen MR) is 65.8 cm³/mol. The van der Waals surface area contributed by atoms with Gasteiger partial charge in [-0.15, -0.1) is 0 Å². The van der Waals surface area contributed by atoms with Gasteiger partial charge in [-0.25, -0.2) is 4.57 Å². The smallest absolute Gasteiger partial charge is 0.325 e. The summed E-state index contributed by atoms with van der Waals surface area (Å²) < 4.78 is 14.6. The van der Waals surface area contributed by atoms with Crippen LogP contribution in [0.2, 0.25) is 0 Å². The summed E-state index contributed by atoms with van der Waals surface area (Å²) in [5.74, 6) is -0.577. The molecule has 0 aliphatic carbocycles. The molecule has 1 atom stereocenters. The lowest BCUT2D eigenvalue weighted by molar-refractivity contribution is -0.118. The maximum atomic E-state index is 11.5. The number of benzene rings is 1. The van der Waals surface area contributed by atoms with Gasteiger partial charge in [-0.05, 0) is 19.1 Å². The Morgan fingerprint density at radius 1 is 1.44 bits per heavy atom. The van der Waals surface area contributed by atoms with E-state index < -0.39 is 26.4 Å². The highest BCUT2D eigenvalue weighted by Gasteiger charge is 2.20. The van der Waals surface area contributed by atoms with Crippen molar-refractivity contribution in [2.75, 3.05) is 11.9 Å². The summed E-state index contributed by atoms with van der Waals surface area (Å²) in [7, 11) is -4.61.